The molecule has 0 spiro atoms. The van der Waals surface area contributed by atoms with E-state index in [0.717, 1.165) is 6.42 Å². The van der Waals surface area contributed by atoms with Crippen molar-refractivity contribution in [1.29, 1.82) is 0 Å². The van der Waals surface area contributed by atoms with E-state index in [1.54, 1.807) is 7.11 Å². The molecule has 0 aromatic carbocycles. The molecular formula is C10H19N3O2. The monoisotopic (exact) mass is 213 g/mol. The number of hydrogen-bond donors (Lipinski definition) is 1. The number of nitrogens with zero attached hydrogens (tertiary/aromatic N) is 2. The Morgan fingerprint density at radius 2 is 2.27 bits per heavy atom. The fourth-order valence-electron chi connectivity index (χ4n) is 1.20. The van der Waals surface area contributed by atoms with Crippen molar-refractivity contribution in [1.82, 2.24) is 10.1 Å². The van der Waals surface area contributed by atoms with Crippen molar-refractivity contribution in [2.75, 3.05) is 13.7 Å². The Morgan fingerprint density at radius 3 is 2.87 bits per heavy atom. The molecule has 15 heavy (non-hydrogen) atoms. The summed E-state index contributed by atoms with van der Waals surface area (Å²) < 4.78 is 10.0. The Bertz CT molecular complexity index is 288. The number of aromatic nitrogens is 2. The first-order valence-electron chi connectivity index (χ1n) is 5.26. The SMILES string of the molecule is CCC(C)[C@H](N)c1nc(CCOC)no1. The highest BCUT2D eigenvalue weighted by molar-refractivity contribution is 4.93. The molecule has 1 unspecified atom stereocenters. The second-order valence-electron chi connectivity index (χ2n) is 3.70. The lowest BCUT2D eigenvalue weighted by molar-refractivity contribution is 0.199. The normalized spacial score (nSPS) is 15.2. The van der Waals surface area contributed by atoms with E-state index < -0.39 is 0 Å². The summed E-state index contributed by atoms with van der Waals surface area (Å²) >= 11 is 0. The van der Waals surface area contributed by atoms with Crippen LogP contribution in [0.25, 0.3) is 0 Å². The number of ether oxygens (including phenoxy) is 1. The van der Waals surface area contributed by atoms with Gasteiger partial charge in [0.1, 0.15) is 0 Å². The molecule has 0 saturated heterocycles. The molecule has 5 heteroatoms. The highest BCUT2D eigenvalue weighted by atomic mass is 16.5. The predicted octanol–water partition coefficient (Wildman–Crippen LogP) is 1.30. The van der Waals surface area contributed by atoms with Crippen LogP contribution in [0.15, 0.2) is 4.52 Å². The van der Waals surface area contributed by atoms with Gasteiger partial charge in [0.15, 0.2) is 5.82 Å². The zero-order valence-corrected chi connectivity index (χ0v) is 9.56. The molecular weight excluding hydrogens is 194 g/mol. The van der Waals surface area contributed by atoms with Crippen molar-refractivity contribution in [2.45, 2.75) is 32.7 Å². The third-order valence-corrected chi connectivity index (χ3v) is 2.56. The molecule has 1 aromatic rings. The summed E-state index contributed by atoms with van der Waals surface area (Å²) in [7, 11) is 1.64. The zero-order chi connectivity index (χ0) is 11.3. The minimum absolute atomic E-state index is 0.168. The van der Waals surface area contributed by atoms with Gasteiger partial charge in [0.05, 0.1) is 12.6 Å². The summed E-state index contributed by atoms with van der Waals surface area (Å²) in [6, 6.07) is -0.168. The van der Waals surface area contributed by atoms with E-state index in [2.05, 4.69) is 24.0 Å². The van der Waals surface area contributed by atoms with Crippen LogP contribution in [0.4, 0.5) is 0 Å². The van der Waals surface area contributed by atoms with E-state index in [0.29, 0.717) is 30.7 Å². The smallest absolute Gasteiger partial charge is 0.243 e. The maximum Gasteiger partial charge on any atom is 0.243 e. The Morgan fingerprint density at radius 1 is 1.53 bits per heavy atom. The number of nitrogens with two attached hydrogens (primary N) is 1. The number of methoxy groups -OCH3 is 1. The summed E-state index contributed by atoms with van der Waals surface area (Å²) in [6.07, 6.45) is 1.66. The number of rotatable bonds is 6. The molecule has 0 aliphatic carbocycles. The predicted molar refractivity (Wildman–Crippen MR) is 56.3 cm³/mol. The van der Waals surface area contributed by atoms with Gasteiger partial charge in [-0.15, -0.1) is 0 Å². The van der Waals surface area contributed by atoms with E-state index in [9.17, 15) is 0 Å². The van der Waals surface area contributed by atoms with Gasteiger partial charge in [-0.05, 0) is 5.92 Å². The summed E-state index contributed by atoms with van der Waals surface area (Å²) in [5.74, 6) is 1.53. The van der Waals surface area contributed by atoms with E-state index >= 15 is 0 Å². The molecule has 1 aromatic heterocycles. The Balaban J connectivity index is 2.58. The topological polar surface area (TPSA) is 74.2 Å². The third kappa shape index (κ3) is 3.28. The Hall–Kier alpha value is -0.940. The maximum absolute atomic E-state index is 5.96. The lowest BCUT2D eigenvalue weighted by atomic mass is 10.0. The van der Waals surface area contributed by atoms with Crippen LogP contribution in [0.2, 0.25) is 0 Å². The van der Waals surface area contributed by atoms with E-state index in [1.165, 1.54) is 0 Å². The number of hydrogen-bond acceptors (Lipinski definition) is 5. The second-order valence-corrected chi connectivity index (χ2v) is 3.70. The largest absolute Gasteiger partial charge is 0.384 e. The molecule has 2 N–H and O–H groups in total. The van der Waals surface area contributed by atoms with Crippen LogP contribution in [-0.2, 0) is 11.2 Å². The van der Waals surface area contributed by atoms with Gasteiger partial charge in [-0.2, -0.15) is 4.98 Å². The van der Waals surface area contributed by atoms with Crippen LogP contribution in [0.5, 0.6) is 0 Å². The molecule has 0 aliphatic rings. The zero-order valence-electron chi connectivity index (χ0n) is 9.56. The van der Waals surface area contributed by atoms with Crippen molar-refractivity contribution in [3.05, 3.63) is 11.7 Å². The van der Waals surface area contributed by atoms with Crippen molar-refractivity contribution in [2.24, 2.45) is 11.7 Å². The lowest BCUT2D eigenvalue weighted by Crippen LogP contribution is -2.18. The molecule has 2 atom stereocenters. The molecule has 1 heterocycles. The molecule has 0 fully saturated rings. The first-order valence-corrected chi connectivity index (χ1v) is 5.26. The average Bonchev–Trinajstić information content (AvgIpc) is 2.72. The van der Waals surface area contributed by atoms with Crippen LogP contribution in [0.1, 0.15) is 38.0 Å². The molecule has 1 rings (SSSR count). The Labute approximate surface area is 90.0 Å². The molecule has 0 bridgehead atoms. The van der Waals surface area contributed by atoms with Crippen molar-refractivity contribution >= 4 is 0 Å². The Kier molecular flexibility index (Phi) is 4.71. The molecule has 0 saturated carbocycles. The molecule has 86 valence electrons. The van der Waals surface area contributed by atoms with E-state index in [4.69, 9.17) is 15.0 Å². The third-order valence-electron chi connectivity index (χ3n) is 2.56. The van der Waals surface area contributed by atoms with Gasteiger partial charge < -0.3 is 15.0 Å². The summed E-state index contributed by atoms with van der Waals surface area (Å²) in [6.45, 7) is 4.76. The fourth-order valence-corrected chi connectivity index (χ4v) is 1.20. The second kappa shape index (κ2) is 5.82. The average molecular weight is 213 g/mol. The maximum atomic E-state index is 5.96. The van der Waals surface area contributed by atoms with Crippen LogP contribution in [-0.4, -0.2) is 23.9 Å². The van der Waals surface area contributed by atoms with Gasteiger partial charge in [-0.25, -0.2) is 0 Å². The fraction of sp³-hybridized carbons (Fsp3) is 0.800. The summed E-state index contributed by atoms with van der Waals surface area (Å²) in [5, 5.41) is 3.85. The molecule has 0 aliphatic heterocycles. The summed E-state index contributed by atoms with van der Waals surface area (Å²) in [5.41, 5.74) is 5.96. The summed E-state index contributed by atoms with van der Waals surface area (Å²) in [4.78, 5) is 4.23. The molecule has 5 nitrogen and oxygen atoms in total. The quantitative estimate of drug-likeness (QED) is 0.771. The highest BCUT2D eigenvalue weighted by Crippen LogP contribution is 2.19. The van der Waals surface area contributed by atoms with Crippen molar-refractivity contribution in [3.8, 4) is 0 Å². The van der Waals surface area contributed by atoms with Gasteiger partial charge in [0, 0.05) is 13.5 Å². The van der Waals surface area contributed by atoms with Crippen molar-refractivity contribution < 1.29 is 9.26 Å². The van der Waals surface area contributed by atoms with Crippen molar-refractivity contribution in [3.63, 3.8) is 0 Å². The van der Waals surface area contributed by atoms with Crippen LogP contribution < -0.4 is 5.73 Å². The first-order chi connectivity index (χ1) is 7.19. The highest BCUT2D eigenvalue weighted by Gasteiger charge is 2.19. The van der Waals surface area contributed by atoms with Gasteiger partial charge in [-0.3, -0.25) is 0 Å². The van der Waals surface area contributed by atoms with Gasteiger partial charge in [0.2, 0.25) is 5.89 Å². The van der Waals surface area contributed by atoms with Crippen LogP contribution in [0.3, 0.4) is 0 Å². The van der Waals surface area contributed by atoms with E-state index in [-0.39, 0.29) is 6.04 Å². The minimum atomic E-state index is -0.168. The molecule has 0 radical (unpaired) electrons. The van der Waals surface area contributed by atoms with Gasteiger partial charge in [0.25, 0.3) is 0 Å². The first kappa shape index (κ1) is 12.1. The standard InChI is InChI=1S/C10H19N3O2/c1-4-7(2)9(11)10-12-8(13-15-10)5-6-14-3/h7,9H,4-6,11H2,1-3H3/t7?,9-/m0/s1. The van der Waals surface area contributed by atoms with E-state index in [1.807, 2.05) is 0 Å². The van der Waals surface area contributed by atoms with Gasteiger partial charge in [-0.1, -0.05) is 25.4 Å². The van der Waals surface area contributed by atoms with Gasteiger partial charge >= 0.3 is 0 Å². The van der Waals surface area contributed by atoms with Crippen LogP contribution in [0, 0.1) is 5.92 Å². The van der Waals surface area contributed by atoms with Crippen LogP contribution >= 0.6 is 0 Å². The lowest BCUT2D eigenvalue weighted by Gasteiger charge is -2.12. The minimum Gasteiger partial charge on any atom is -0.384 e. The molecule has 0 amide bonds.